The molecule has 1 atom stereocenters. The van der Waals surface area contributed by atoms with Gasteiger partial charge in [-0.2, -0.15) is 0 Å². The van der Waals surface area contributed by atoms with Crippen LogP contribution < -0.4 is 5.73 Å². The Bertz CT molecular complexity index is 419. The zero-order valence-corrected chi connectivity index (χ0v) is 11.0. The third kappa shape index (κ3) is 3.37. The summed E-state index contributed by atoms with van der Waals surface area (Å²) in [5, 5.41) is 12.6. The molecule has 1 saturated heterocycles. The van der Waals surface area contributed by atoms with Crippen molar-refractivity contribution in [3.63, 3.8) is 0 Å². The lowest BCUT2D eigenvalue weighted by molar-refractivity contribution is 0.193. The van der Waals surface area contributed by atoms with Gasteiger partial charge in [0.2, 0.25) is 0 Å². The molecule has 1 aliphatic heterocycles. The number of nitrogens with zero attached hydrogens (tertiary/aromatic N) is 2. The maximum atomic E-state index is 8.72. The Hall–Kier alpha value is -1.26. The molecule has 1 unspecified atom stereocenters. The first kappa shape index (κ1) is 13.2. The molecule has 0 amide bonds. The number of piperidine rings is 1. The fourth-order valence-corrected chi connectivity index (χ4v) is 2.50. The van der Waals surface area contributed by atoms with Crippen molar-refractivity contribution in [3.05, 3.63) is 34.9 Å². The van der Waals surface area contributed by atoms with Crippen molar-refractivity contribution in [2.75, 3.05) is 13.1 Å². The van der Waals surface area contributed by atoms with E-state index in [0.717, 1.165) is 37.5 Å². The Kier molecular flexibility index (Phi) is 4.44. The molecule has 0 spiro atoms. The van der Waals surface area contributed by atoms with E-state index in [1.807, 2.05) is 24.3 Å². The quantitative estimate of drug-likeness (QED) is 0.382. The Morgan fingerprint density at radius 3 is 2.83 bits per heavy atom. The lowest BCUT2D eigenvalue weighted by Crippen LogP contribution is -2.40. The van der Waals surface area contributed by atoms with Crippen LogP contribution in [0.2, 0.25) is 5.02 Å². The summed E-state index contributed by atoms with van der Waals surface area (Å²) in [5.74, 6) is 0.506. The number of likely N-dealkylation sites (tertiary alicyclic amines) is 1. The Balaban J connectivity index is 1.95. The Morgan fingerprint density at radius 1 is 1.44 bits per heavy atom. The van der Waals surface area contributed by atoms with Crippen LogP contribution in [0.3, 0.4) is 0 Å². The molecule has 0 aliphatic carbocycles. The second kappa shape index (κ2) is 6.07. The third-order valence-electron chi connectivity index (χ3n) is 3.36. The summed E-state index contributed by atoms with van der Waals surface area (Å²) in [5.41, 5.74) is 6.91. The van der Waals surface area contributed by atoms with Crippen LogP contribution in [0, 0.1) is 5.92 Å². The van der Waals surface area contributed by atoms with Crippen LogP contribution in [0.4, 0.5) is 0 Å². The second-order valence-corrected chi connectivity index (χ2v) is 5.16. The fraction of sp³-hybridized carbons (Fsp3) is 0.462. The molecule has 0 radical (unpaired) electrons. The Morgan fingerprint density at radius 2 is 2.17 bits per heavy atom. The van der Waals surface area contributed by atoms with Crippen molar-refractivity contribution in [3.8, 4) is 0 Å². The monoisotopic (exact) mass is 267 g/mol. The van der Waals surface area contributed by atoms with Gasteiger partial charge in [-0.1, -0.05) is 28.9 Å². The average Bonchev–Trinajstić information content (AvgIpc) is 2.41. The van der Waals surface area contributed by atoms with Crippen molar-refractivity contribution in [2.45, 2.75) is 19.4 Å². The SMILES string of the molecule is NC(=NO)C1CCCN(Cc2ccc(Cl)cc2)C1. The molecular formula is C13H18ClN3O. The summed E-state index contributed by atoms with van der Waals surface area (Å²) < 4.78 is 0. The Labute approximate surface area is 112 Å². The van der Waals surface area contributed by atoms with E-state index in [4.69, 9.17) is 22.5 Å². The molecule has 1 fully saturated rings. The van der Waals surface area contributed by atoms with Crippen molar-refractivity contribution in [1.82, 2.24) is 4.90 Å². The van der Waals surface area contributed by atoms with Crippen LogP contribution in [-0.4, -0.2) is 29.0 Å². The predicted octanol–water partition coefficient (Wildman–Crippen LogP) is 2.30. The van der Waals surface area contributed by atoms with Gasteiger partial charge in [0.1, 0.15) is 5.84 Å². The highest BCUT2D eigenvalue weighted by Crippen LogP contribution is 2.19. The topological polar surface area (TPSA) is 61.9 Å². The van der Waals surface area contributed by atoms with Gasteiger partial charge >= 0.3 is 0 Å². The van der Waals surface area contributed by atoms with E-state index in [9.17, 15) is 0 Å². The van der Waals surface area contributed by atoms with E-state index < -0.39 is 0 Å². The maximum absolute atomic E-state index is 8.72. The van der Waals surface area contributed by atoms with Gasteiger partial charge in [-0.15, -0.1) is 0 Å². The average molecular weight is 268 g/mol. The van der Waals surface area contributed by atoms with Gasteiger partial charge in [0.05, 0.1) is 0 Å². The molecule has 98 valence electrons. The molecule has 1 aliphatic rings. The summed E-state index contributed by atoms with van der Waals surface area (Å²) in [6.45, 7) is 2.78. The largest absolute Gasteiger partial charge is 0.409 e. The molecule has 0 saturated carbocycles. The molecule has 1 aromatic carbocycles. The molecule has 2 rings (SSSR count). The lowest BCUT2D eigenvalue weighted by Gasteiger charge is -2.32. The number of oxime groups is 1. The molecule has 18 heavy (non-hydrogen) atoms. The summed E-state index contributed by atoms with van der Waals surface area (Å²) >= 11 is 5.86. The van der Waals surface area contributed by atoms with E-state index in [1.54, 1.807) is 0 Å². The van der Waals surface area contributed by atoms with Gasteiger partial charge < -0.3 is 10.9 Å². The van der Waals surface area contributed by atoms with Gasteiger partial charge in [-0.05, 0) is 37.1 Å². The number of hydrogen-bond acceptors (Lipinski definition) is 3. The van der Waals surface area contributed by atoms with Gasteiger partial charge in [0.15, 0.2) is 0 Å². The summed E-state index contributed by atoms with van der Waals surface area (Å²) in [7, 11) is 0. The van der Waals surface area contributed by atoms with Gasteiger partial charge in [0, 0.05) is 24.0 Å². The molecule has 0 bridgehead atoms. The smallest absolute Gasteiger partial charge is 0.143 e. The molecule has 3 N–H and O–H groups in total. The number of amidine groups is 1. The number of rotatable bonds is 3. The molecule has 4 nitrogen and oxygen atoms in total. The van der Waals surface area contributed by atoms with Crippen LogP contribution in [0.15, 0.2) is 29.4 Å². The number of nitrogens with two attached hydrogens (primary N) is 1. The highest BCUT2D eigenvalue weighted by atomic mass is 35.5. The first-order valence-electron chi connectivity index (χ1n) is 6.13. The standard InChI is InChI=1S/C13H18ClN3O/c14-12-5-3-10(4-6-12)8-17-7-1-2-11(9-17)13(15)16-18/h3-6,11,18H,1-2,7-9H2,(H2,15,16). The van der Waals surface area contributed by atoms with E-state index in [0.29, 0.717) is 5.84 Å². The summed E-state index contributed by atoms with van der Waals surface area (Å²) in [4.78, 5) is 2.33. The van der Waals surface area contributed by atoms with E-state index in [1.165, 1.54) is 5.56 Å². The minimum Gasteiger partial charge on any atom is -0.409 e. The summed E-state index contributed by atoms with van der Waals surface area (Å²) in [6, 6.07) is 7.88. The lowest BCUT2D eigenvalue weighted by atomic mass is 9.96. The normalized spacial score (nSPS) is 22.1. The molecular weight excluding hydrogens is 250 g/mol. The first-order valence-corrected chi connectivity index (χ1v) is 6.51. The third-order valence-corrected chi connectivity index (χ3v) is 3.61. The van der Waals surface area contributed by atoms with E-state index in [-0.39, 0.29) is 5.92 Å². The highest BCUT2D eigenvalue weighted by molar-refractivity contribution is 6.30. The van der Waals surface area contributed by atoms with Crippen molar-refractivity contribution < 1.29 is 5.21 Å². The van der Waals surface area contributed by atoms with Crippen molar-refractivity contribution >= 4 is 17.4 Å². The molecule has 0 aromatic heterocycles. The molecule has 1 heterocycles. The molecule has 1 aromatic rings. The fourth-order valence-electron chi connectivity index (χ4n) is 2.37. The van der Waals surface area contributed by atoms with Crippen LogP contribution in [0.25, 0.3) is 0 Å². The molecule has 5 heteroatoms. The number of hydrogen-bond donors (Lipinski definition) is 2. The van der Waals surface area contributed by atoms with E-state index in [2.05, 4.69) is 10.1 Å². The van der Waals surface area contributed by atoms with Crippen molar-refractivity contribution in [1.29, 1.82) is 0 Å². The van der Waals surface area contributed by atoms with E-state index >= 15 is 0 Å². The van der Waals surface area contributed by atoms with Gasteiger partial charge in [-0.25, -0.2) is 0 Å². The zero-order valence-electron chi connectivity index (χ0n) is 10.2. The number of halogens is 1. The van der Waals surface area contributed by atoms with Crippen LogP contribution in [0.1, 0.15) is 18.4 Å². The van der Waals surface area contributed by atoms with Gasteiger partial charge in [0.25, 0.3) is 0 Å². The van der Waals surface area contributed by atoms with Gasteiger partial charge in [-0.3, -0.25) is 4.90 Å². The predicted molar refractivity (Wildman–Crippen MR) is 72.9 cm³/mol. The maximum Gasteiger partial charge on any atom is 0.143 e. The number of benzene rings is 1. The van der Waals surface area contributed by atoms with Crippen LogP contribution in [-0.2, 0) is 6.54 Å². The highest BCUT2D eigenvalue weighted by Gasteiger charge is 2.22. The van der Waals surface area contributed by atoms with Crippen LogP contribution >= 0.6 is 11.6 Å². The first-order chi connectivity index (χ1) is 8.69. The second-order valence-electron chi connectivity index (χ2n) is 4.73. The van der Waals surface area contributed by atoms with Crippen LogP contribution in [0.5, 0.6) is 0 Å². The minimum absolute atomic E-state index is 0.163. The zero-order chi connectivity index (χ0) is 13.0. The minimum atomic E-state index is 0.163. The summed E-state index contributed by atoms with van der Waals surface area (Å²) in [6.07, 6.45) is 2.07. The van der Waals surface area contributed by atoms with Crippen molar-refractivity contribution in [2.24, 2.45) is 16.8 Å².